The van der Waals surface area contributed by atoms with Gasteiger partial charge in [-0.15, -0.1) is 0 Å². The molecule has 0 spiro atoms. The zero-order chi connectivity index (χ0) is 12.0. The molecule has 1 aromatic rings. The van der Waals surface area contributed by atoms with Crippen molar-refractivity contribution in [3.63, 3.8) is 0 Å². The number of nitrogens with zero attached hydrogens (tertiary/aromatic N) is 2. The van der Waals surface area contributed by atoms with Crippen LogP contribution in [0.25, 0.3) is 0 Å². The van der Waals surface area contributed by atoms with E-state index in [-0.39, 0.29) is 0 Å². The van der Waals surface area contributed by atoms with Gasteiger partial charge in [-0.1, -0.05) is 13.8 Å². The normalized spacial score (nSPS) is 13.0. The molecule has 4 heteroatoms. The zero-order valence-corrected chi connectivity index (χ0v) is 11.6. The van der Waals surface area contributed by atoms with Gasteiger partial charge in [0.15, 0.2) is 0 Å². The summed E-state index contributed by atoms with van der Waals surface area (Å²) in [6.45, 7) is 6.45. The van der Waals surface area contributed by atoms with E-state index in [1.165, 1.54) is 17.7 Å². The lowest BCUT2D eigenvalue weighted by Gasteiger charge is -2.08. The highest BCUT2D eigenvalue weighted by atomic mass is 32.2. The summed E-state index contributed by atoms with van der Waals surface area (Å²) in [5, 5.41) is 8.66. The Morgan fingerprint density at radius 1 is 1.56 bits per heavy atom. The third-order valence-electron chi connectivity index (χ3n) is 2.77. The van der Waals surface area contributed by atoms with E-state index in [1.54, 1.807) is 0 Å². The van der Waals surface area contributed by atoms with Crippen molar-refractivity contribution in [2.24, 2.45) is 7.05 Å². The molecule has 0 aromatic carbocycles. The lowest BCUT2D eigenvalue weighted by Crippen LogP contribution is -2.18. The fraction of sp³-hybridized carbons (Fsp3) is 0.750. The summed E-state index contributed by atoms with van der Waals surface area (Å²) in [7, 11) is 1.98. The summed E-state index contributed by atoms with van der Waals surface area (Å²) in [6.07, 6.45) is 6.52. The van der Waals surface area contributed by atoms with Gasteiger partial charge in [0.2, 0.25) is 0 Å². The molecule has 0 aliphatic rings. The molecular formula is C12H23N3S. The van der Waals surface area contributed by atoms with Crippen molar-refractivity contribution in [3.8, 4) is 0 Å². The fourth-order valence-corrected chi connectivity index (χ4v) is 2.03. The van der Waals surface area contributed by atoms with Crippen LogP contribution in [0.2, 0.25) is 0 Å². The van der Waals surface area contributed by atoms with Crippen molar-refractivity contribution in [1.82, 2.24) is 15.1 Å². The molecule has 0 aliphatic heterocycles. The van der Waals surface area contributed by atoms with Crippen molar-refractivity contribution >= 4 is 11.8 Å². The summed E-state index contributed by atoms with van der Waals surface area (Å²) in [5.41, 5.74) is 2.55. The third-order valence-corrected chi connectivity index (χ3v) is 3.81. The molecule has 0 saturated carbocycles. The average molecular weight is 241 g/mol. The highest BCUT2D eigenvalue weighted by Crippen LogP contribution is 2.09. The molecule has 0 amide bonds. The van der Waals surface area contributed by atoms with E-state index in [0.717, 1.165) is 24.8 Å². The SMILES string of the molecule is CCc1nn(C)cc1CNCCC(C)SC. The van der Waals surface area contributed by atoms with Crippen LogP contribution in [-0.2, 0) is 20.0 Å². The molecule has 1 N–H and O–H groups in total. The maximum Gasteiger partial charge on any atom is 0.0666 e. The van der Waals surface area contributed by atoms with E-state index in [9.17, 15) is 0 Å². The Balaban J connectivity index is 2.31. The second-order valence-corrected chi connectivity index (χ2v) is 5.42. The van der Waals surface area contributed by atoms with Crippen LogP contribution in [0.15, 0.2) is 6.20 Å². The molecule has 3 nitrogen and oxygen atoms in total. The summed E-state index contributed by atoms with van der Waals surface area (Å²) in [5.74, 6) is 0. The first-order valence-corrected chi connectivity index (χ1v) is 7.21. The van der Waals surface area contributed by atoms with Crippen LogP contribution < -0.4 is 5.32 Å². The van der Waals surface area contributed by atoms with Gasteiger partial charge in [-0.05, 0) is 25.6 Å². The number of thioether (sulfide) groups is 1. The summed E-state index contributed by atoms with van der Waals surface area (Å²) in [4.78, 5) is 0. The van der Waals surface area contributed by atoms with E-state index in [4.69, 9.17) is 0 Å². The monoisotopic (exact) mass is 241 g/mol. The standard InChI is InChI=1S/C12H23N3S/c1-5-12-11(9-15(3)14-12)8-13-7-6-10(2)16-4/h9-10,13H,5-8H2,1-4H3. The zero-order valence-electron chi connectivity index (χ0n) is 10.8. The first kappa shape index (κ1) is 13.6. The van der Waals surface area contributed by atoms with Crippen LogP contribution in [-0.4, -0.2) is 27.8 Å². The van der Waals surface area contributed by atoms with Crippen LogP contribution in [0.1, 0.15) is 31.5 Å². The van der Waals surface area contributed by atoms with Gasteiger partial charge < -0.3 is 5.32 Å². The minimum Gasteiger partial charge on any atom is -0.313 e. The van der Waals surface area contributed by atoms with E-state index in [2.05, 4.69) is 36.7 Å². The van der Waals surface area contributed by atoms with Crippen LogP contribution in [0.4, 0.5) is 0 Å². The first-order chi connectivity index (χ1) is 7.67. The summed E-state index contributed by atoms with van der Waals surface area (Å²) < 4.78 is 1.90. The highest BCUT2D eigenvalue weighted by molar-refractivity contribution is 7.99. The number of rotatable bonds is 7. The molecule has 1 atom stereocenters. The first-order valence-electron chi connectivity index (χ1n) is 5.92. The highest BCUT2D eigenvalue weighted by Gasteiger charge is 2.05. The number of aryl methyl sites for hydroxylation is 2. The van der Waals surface area contributed by atoms with E-state index in [0.29, 0.717) is 0 Å². The third kappa shape index (κ3) is 4.18. The predicted octanol–water partition coefficient (Wildman–Crippen LogP) is 2.21. The molecule has 0 saturated heterocycles. The van der Waals surface area contributed by atoms with Crippen molar-refractivity contribution in [2.75, 3.05) is 12.8 Å². The predicted molar refractivity (Wildman–Crippen MR) is 71.9 cm³/mol. The van der Waals surface area contributed by atoms with Gasteiger partial charge in [0, 0.05) is 30.6 Å². The Kier molecular flexibility index (Phi) is 5.91. The molecule has 1 unspecified atom stereocenters. The lowest BCUT2D eigenvalue weighted by atomic mass is 10.2. The largest absolute Gasteiger partial charge is 0.313 e. The van der Waals surface area contributed by atoms with Gasteiger partial charge in [0.05, 0.1) is 5.69 Å². The van der Waals surface area contributed by atoms with Crippen molar-refractivity contribution in [2.45, 2.75) is 38.5 Å². The molecule has 92 valence electrons. The molecule has 16 heavy (non-hydrogen) atoms. The second-order valence-electron chi connectivity index (χ2n) is 4.14. The Hall–Kier alpha value is -0.480. The molecule has 0 fully saturated rings. The molecule has 1 aromatic heterocycles. The van der Waals surface area contributed by atoms with Crippen molar-refractivity contribution in [1.29, 1.82) is 0 Å². The lowest BCUT2D eigenvalue weighted by molar-refractivity contribution is 0.645. The van der Waals surface area contributed by atoms with Gasteiger partial charge >= 0.3 is 0 Å². The maximum absolute atomic E-state index is 4.43. The number of aromatic nitrogens is 2. The van der Waals surface area contributed by atoms with Crippen LogP contribution in [0.3, 0.4) is 0 Å². The summed E-state index contributed by atoms with van der Waals surface area (Å²) >= 11 is 1.93. The molecular weight excluding hydrogens is 218 g/mol. The van der Waals surface area contributed by atoms with Gasteiger partial charge in [0.25, 0.3) is 0 Å². The van der Waals surface area contributed by atoms with Crippen LogP contribution in [0, 0.1) is 0 Å². The molecule has 1 rings (SSSR count). The van der Waals surface area contributed by atoms with Gasteiger partial charge in [-0.3, -0.25) is 4.68 Å². The van der Waals surface area contributed by atoms with Crippen LogP contribution >= 0.6 is 11.8 Å². The number of hydrogen-bond acceptors (Lipinski definition) is 3. The topological polar surface area (TPSA) is 29.9 Å². The Labute approximate surface area is 103 Å². The van der Waals surface area contributed by atoms with E-state index < -0.39 is 0 Å². The van der Waals surface area contributed by atoms with Crippen LogP contribution in [0.5, 0.6) is 0 Å². The minimum atomic E-state index is 0.743. The minimum absolute atomic E-state index is 0.743. The smallest absolute Gasteiger partial charge is 0.0666 e. The van der Waals surface area contributed by atoms with Crippen molar-refractivity contribution < 1.29 is 0 Å². The van der Waals surface area contributed by atoms with Gasteiger partial charge in [0.1, 0.15) is 0 Å². The molecule has 0 aliphatic carbocycles. The summed E-state index contributed by atoms with van der Waals surface area (Å²) in [6, 6.07) is 0. The van der Waals surface area contributed by atoms with Gasteiger partial charge in [-0.2, -0.15) is 16.9 Å². The number of hydrogen-bond donors (Lipinski definition) is 1. The Morgan fingerprint density at radius 3 is 2.94 bits per heavy atom. The molecule has 1 heterocycles. The maximum atomic E-state index is 4.43. The Morgan fingerprint density at radius 2 is 2.31 bits per heavy atom. The molecule has 0 radical (unpaired) electrons. The van der Waals surface area contributed by atoms with E-state index >= 15 is 0 Å². The van der Waals surface area contributed by atoms with Gasteiger partial charge in [-0.25, -0.2) is 0 Å². The Bertz CT molecular complexity index is 309. The van der Waals surface area contributed by atoms with E-state index in [1.807, 2.05) is 23.5 Å². The second kappa shape index (κ2) is 6.97. The fourth-order valence-electron chi connectivity index (χ4n) is 1.68. The average Bonchev–Trinajstić information content (AvgIpc) is 2.64. The molecule has 0 bridgehead atoms. The van der Waals surface area contributed by atoms with Crippen molar-refractivity contribution in [3.05, 3.63) is 17.5 Å². The number of nitrogens with one attached hydrogen (secondary N) is 1. The quantitative estimate of drug-likeness (QED) is 0.742.